The molecule has 1 nitrogen and oxygen atoms in total. The van der Waals surface area contributed by atoms with Gasteiger partial charge in [-0.15, -0.1) is 0 Å². The summed E-state index contributed by atoms with van der Waals surface area (Å²) < 4.78 is 13.2. The van der Waals surface area contributed by atoms with Gasteiger partial charge in [-0.2, -0.15) is 0 Å². The van der Waals surface area contributed by atoms with E-state index in [4.69, 9.17) is 0 Å². The van der Waals surface area contributed by atoms with Crippen LogP contribution in [0.5, 0.6) is 0 Å². The second kappa shape index (κ2) is 4.16. The van der Waals surface area contributed by atoms with Crippen LogP contribution in [0.15, 0.2) is 28.7 Å². The van der Waals surface area contributed by atoms with Crippen molar-refractivity contribution in [3.63, 3.8) is 0 Å². The number of hydrogen-bond donors (Lipinski definition) is 0. The van der Waals surface area contributed by atoms with Crippen molar-refractivity contribution in [2.75, 3.05) is 0 Å². The number of benzene rings is 1. The average Bonchev–Trinajstić information content (AvgIpc) is 2.08. The third-order valence-electron chi connectivity index (χ3n) is 1.34. The van der Waals surface area contributed by atoms with E-state index in [1.807, 2.05) is 0 Å². The van der Waals surface area contributed by atoms with Crippen LogP contribution in [-0.4, -0.2) is 6.29 Å². The summed E-state index contributed by atoms with van der Waals surface area (Å²) in [4.78, 5) is 9.98. The molecule has 0 saturated heterocycles. The molecule has 0 atom stereocenters. The van der Waals surface area contributed by atoms with E-state index in [-0.39, 0.29) is 5.82 Å². The van der Waals surface area contributed by atoms with Gasteiger partial charge in [-0.05, 0) is 33.6 Å². The van der Waals surface area contributed by atoms with E-state index in [1.165, 1.54) is 12.1 Å². The summed E-state index contributed by atoms with van der Waals surface area (Å²) >= 11 is 3.07. The molecule has 3 heteroatoms. The summed E-state index contributed by atoms with van der Waals surface area (Å²) in [5.41, 5.74) is 0.655. The Morgan fingerprint density at radius 2 is 2.17 bits per heavy atom. The van der Waals surface area contributed by atoms with Gasteiger partial charge in [0.05, 0.1) is 4.47 Å². The number of aldehydes is 1. The molecule has 0 unspecified atom stereocenters. The van der Waals surface area contributed by atoms with Crippen LogP contribution in [0.4, 0.5) is 4.39 Å². The first-order chi connectivity index (χ1) is 5.75. The predicted octanol–water partition coefficient (Wildman–Crippen LogP) is 2.80. The molecule has 0 spiro atoms. The molecule has 62 valence electrons. The van der Waals surface area contributed by atoms with Gasteiger partial charge < -0.3 is 0 Å². The fourth-order valence-electron chi connectivity index (χ4n) is 0.792. The highest BCUT2D eigenvalue weighted by Gasteiger charge is 2.00. The normalized spacial score (nSPS) is 10.5. The monoisotopic (exact) mass is 228 g/mol. The number of hydrogen-bond acceptors (Lipinski definition) is 1. The van der Waals surface area contributed by atoms with E-state index in [9.17, 15) is 9.18 Å². The topological polar surface area (TPSA) is 17.1 Å². The Labute approximate surface area is 78.0 Å². The average molecular weight is 229 g/mol. The standard InChI is InChI=1S/C9H6BrFO/c10-9-7(4-2-6-12)3-1-5-8(9)11/h1-6H. The summed E-state index contributed by atoms with van der Waals surface area (Å²) in [6, 6.07) is 4.65. The molecule has 0 fully saturated rings. The smallest absolute Gasteiger partial charge is 0.142 e. The van der Waals surface area contributed by atoms with Gasteiger partial charge in [0, 0.05) is 0 Å². The molecule has 0 heterocycles. The van der Waals surface area contributed by atoms with Crippen LogP contribution >= 0.6 is 15.9 Å². The highest BCUT2D eigenvalue weighted by molar-refractivity contribution is 9.10. The van der Waals surface area contributed by atoms with E-state index in [0.717, 1.165) is 0 Å². The summed E-state index contributed by atoms with van der Waals surface area (Å²) in [5.74, 6) is -0.331. The minimum Gasteiger partial charge on any atom is -0.299 e. The lowest BCUT2D eigenvalue weighted by molar-refractivity contribution is -0.104. The van der Waals surface area contributed by atoms with E-state index < -0.39 is 0 Å². The first-order valence-electron chi connectivity index (χ1n) is 3.31. The van der Waals surface area contributed by atoms with Crippen LogP contribution in [0.25, 0.3) is 6.08 Å². The van der Waals surface area contributed by atoms with Crippen LogP contribution in [-0.2, 0) is 4.79 Å². The summed E-state index contributed by atoms with van der Waals surface area (Å²) in [6.45, 7) is 0. The third kappa shape index (κ3) is 2.01. The van der Waals surface area contributed by atoms with Gasteiger partial charge in [0.15, 0.2) is 0 Å². The van der Waals surface area contributed by atoms with Gasteiger partial charge in [-0.1, -0.05) is 18.2 Å². The molecular weight excluding hydrogens is 223 g/mol. The van der Waals surface area contributed by atoms with Crippen molar-refractivity contribution < 1.29 is 9.18 Å². The Morgan fingerprint density at radius 1 is 1.42 bits per heavy atom. The van der Waals surface area contributed by atoms with Gasteiger partial charge in [0.2, 0.25) is 0 Å². The summed E-state index contributed by atoms with van der Waals surface area (Å²) in [5, 5.41) is 0. The minimum absolute atomic E-state index is 0.331. The number of allylic oxidation sites excluding steroid dienone is 1. The van der Waals surface area contributed by atoms with Gasteiger partial charge >= 0.3 is 0 Å². The number of carbonyl (C=O) groups is 1. The maximum absolute atomic E-state index is 12.8. The SMILES string of the molecule is O=CC=Cc1cccc(F)c1Br. The third-order valence-corrected chi connectivity index (χ3v) is 2.17. The molecule has 0 aliphatic heterocycles. The lowest BCUT2D eigenvalue weighted by Gasteiger charge is -1.97. The van der Waals surface area contributed by atoms with Gasteiger partial charge in [0.1, 0.15) is 12.1 Å². The molecular formula is C9H6BrFO. The van der Waals surface area contributed by atoms with Crippen molar-refractivity contribution in [3.8, 4) is 0 Å². The minimum atomic E-state index is -0.331. The maximum atomic E-state index is 12.8. The summed E-state index contributed by atoms with van der Waals surface area (Å²) in [7, 11) is 0. The molecule has 0 radical (unpaired) electrons. The fourth-order valence-corrected chi connectivity index (χ4v) is 1.19. The number of carbonyl (C=O) groups excluding carboxylic acids is 1. The molecule has 1 aromatic carbocycles. The summed E-state index contributed by atoms with van der Waals surface area (Å²) in [6.07, 6.45) is 3.51. The molecule has 1 rings (SSSR count). The second-order valence-electron chi connectivity index (χ2n) is 2.14. The van der Waals surface area contributed by atoms with Crippen molar-refractivity contribution >= 4 is 28.3 Å². The Balaban J connectivity index is 3.07. The molecule has 0 aliphatic carbocycles. The van der Waals surface area contributed by atoms with Crippen molar-refractivity contribution in [1.82, 2.24) is 0 Å². The Hall–Kier alpha value is -0.960. The van der Waals surface area contributed by atoms with E-state index in [0.29, 0.717) is 16.3 Å². The zero-order chi connectivity index (χ0) is 8.97. The molecule has 0 N–H and O–H groups in total. The Kier molecular flexibility index (Phi) is 3.17. The predicted molar refractivity (Wildman–Crippen MR) is 49.2 cm³/mol. The van der Waals surface area contributed by atoms with E-state index in [2.05, 4.69) is 15.9 Å². The van der Waals surface area contributed by atoms with Crippen LogP contribution in [0.2, 0.25) is 0 Å². The molecule has 0 saturated carbocycles. The molecule has 0 amide bonds. The maximum Gasteiger partial charge on any atom is 0.142 e. The van der Waals surface area contributed by atoms with Crippen LogP contribution in [0.3, 0.4) is 0 Å². The highest BCUT2D eigenvalue weighted by Crippen LogP contribution is 2.21. The Bertz CT molecular complexity index is 320. The number of halogens is 2. The quantitative estimate of drug-likeness (QED) is 0.562. The molecule has 1 aromatic rings. The van der Waals surface area contributed by atoms with Crippen LogP contribution < -0.4 is 0 Å². The second-order valence-corrected chi connectivity index (χ2v) is 2.93. The molecule has 0 aromatic heterocycles. The van der Waals surface area contributed by atoms with Crippen LogP contribution in [0.1, 0.15) is 5.56 Å². The van der Waals surface area contributed by atoms with Crippen LogP contribution in [0, 0.1) is 5.82 Å². The zero-order valence-electron chi connectivity index (χ0n) is 6.13. The first-order valence-corrected chi connectivity index (χ1v) is 4.11. The largest absolute Gasteiger partial charge is 0.299 e. The molecule has 0 bridgehead atoms. The Morgan fingerprint density at radius 3 is 2.83 bits per heavy atom. The van der Waals surface area contributed by atoms with Crippen molar-refractivity contribution in [2.24, 2.45) is 0 Å². The first kappa shape index (κ1) is 9.13. The van der Waals surface area contributed by atoms with Gasteiger partial charge in [0.25, 0.3) is 0 Å². The van der Waals surface area contributed by atoms with Gasteiger partial charge in [-0.3, -0.25) is 4.79 Å². The van der Waals surface area contributed by atoms with Crippen molar-refractivity contribution in [2.45, 2.75) is 0 Å². The van der Waals surface area contributed by atoms with Crippen molar-refractivity contribution in [3.05, 3.63) is 40.1 Å². The zero-order valence-corrected chi connectivity index (χ0v) is 7.71. The molecule has 12 heavy (non-hydrogen) atoms. The van der Waals surface area contributed by atoms with Crippen molar-refractivity contribution in [1.29, 1.82) is 0 Å². The highest BCUT2D eigenvalue weighted by atomic mass is 79.9. The van der Waals surface area contributed by atoms with E-state index >= 15 is 0 Å². The number of rotatable bonds is 2. The fraction of sp³-hybridized carbons (Fsp3) is 0. The van der Waals surface area contributed by atoms with Gasteiger partial charge in [-0.25, -0.2) is 4.39 Å². The lowest BCUT2D eigenvalue weighted by Crippen LogP contribution is -1.80. The lowest BCUT2D eigenvalue weighted by atomic mass is 10.2. The van der Waals surface area contributed by atoms with E-state index in [1.54, 1.807) is 18.2 Å². The molecule has 0 aliphatic rings.